The van der Waals surface area contributed by atoms with Crippen LogP contribution < -0.4 is 5.32 Å². The van der Waals surface area contributed by atoms with Gasteiger partial charge in [-0.25, -0.2) is 0 Å². The zero-order valence-electron chi connectivity index (χ0n) is 16.2. The SMILES string of the molecule is Cc1cccc(-c2nnc(SCC(=O)Nc3ccc(Cl)cc3)n2Cc2ccco2)c1. The Kier molecular flexibility index (Phi) is 6.21. The van der Waals surface area contributed by atoms with Crippen molar-refractivity contribution in [1.82, 2.24) is 14.8 Å². The monoisotopic (exact) mass is 438 g/mol. The van der Waals surface area contributed by atoms with E-state index in [0.29, 0.717) is 22.4 Å². The van der Waals surface area contributed by atoms with Crippen LogP contribution >= 0.6 is 23.4 Å². The summed E-state index contributed by atoms with van der Waals surface area (Å²) >= 11 is 7.21. The zero-order chi connectivity index (χ0) is 20.9. The number of nitrogens with zero attached hydrogens (tertiary/aromatic N) is 3. The lowest BCUT2D eigenvalue weighted by Crippen LogP contribution is -2.14. The van der Waals surface area contributed by atoms with E-state index >= 15 is 0 Å². The molecule has 8 heteroatoms. The van der Waals surface area contributed by atoms with Gasteiger partial charge in [0.15, 0.2) is 11.0 Å². The summed E-state index contributed by atoms with van der Waals surface area (Å²) in [7, 11) is 0. The minimum absolute atomic E-state index is 0.132. The molecule has 0 unspecified atom stereocenters. The van der Waals surface area contributed by atoms with E-state index in [1.165, 1.54) is 11.8 Å². The van der Waals surface area contributed by atoms with Crippen molar-refractivity contribution in [3.05, 3.63) is 83.3 Å². The average molecular weight is 439 g/mol. The van der Waals surface area contributed by atoms with Gasteiger partial charge in [0.1, 0.15) is 5.76 Å². The lowest BCUT2D eigenvalue weighted by Gasteiger charge is -2.09. The Morgan fingerprint density at radius 3 is 2.70 bits per heavy atom. The second kappa shape index (κ2) is 9.19. The van der Waals surface area contributed by atoms with Gasteiger partial charge in [-0.2, -0.15) is 0 Å². The van der Waals surface area contributed by atoms with Crippen LogP contribution in [0, 0.1) is 6.92 Å². The molecule has 1 amide bonds. The zero-order valence-corrected chi connectivity index (χ0v) is 17.8. The number of rotatable bonds is 7. The highest BCUT2D eigenvalue weighted by molar-refractivity contribution is 7.99. The maximum absolute atomic E-state index is 12.4. The molecule has 6 nitrogen and oxygen atoms in total. The van der Waals surface area contributed by atoms with E-state index in [4.69, 9.17) is 16.0 Å². The van der Waals surface area contributed by atoms with Crippen LogP contribution in [0.1, 0.15) is 11.3 Å². The van der Waals surface area contributed by atoms with Crippen LogP contribution in [0.25, 0.3) is 11.4 Å². The number of anilines is 1. The fourth-order valence-electron chi connectivity index (χ4n) is 2.95. The number of aryl methyl sites for hydroxylation is 1. The molecule has 0 saturated heterocycles. The van der Waals surface area contributed by atoms with Crippen molar-refractivity contribution in [3.63, 3.8) is 0 Å². The first-order valence-electron chi connectivity index (χ1n) is 9.29. The molecule has 2 aromatic heterocycles. The number of nitrogens with one attached hydrogen (secondary N) is 1. The van der Waals surface area contributed by atoms with Gasteiger partial charge in [0.05, 0.1) is 18.6 Å². The third-order valence-corrected chi connectivity index (χ3v) is 5.57. The normalized spacial score (nSPS) is 10.9. The van der Waals surface area contributed by atoms with Gasteiger partial charge < -0.3 is 9.73 Å². The highest BCUT2D eigenvalue weighted by Crippen LogP contribution is 2.26. The third kappa shape index (κ3) is 4.93. The minimum Gasteiger partial charge on any atom is -0.467 e. The van der Waals surface area contributed by atoms with Crippen molar-refractivity contribution in [3.8, 4) is 11.4 Å². The first-order valence-corrected chi connectivity index (χ1v) is 10.7. The summed E-state index contributed by atoms with van der Waals surface area (Å²) in [6.07, 6.45) is 1.64. The third-order valence-electron chi connectivity index (χ3n) is 4.35. The molecule has 0 aliphatic carbocycles. The van der Waals surface area contributed by atoms with Crippen molar-refractivity contribution in [1.29, 1.82) is 0 Å². The molecule has 2 aromatic carbocycles. The smallest absolute Gasteiger partial charge is 0.234 e. The molecule has 0 atom stereocenters. The average Bonchev–Trinajstić information content (AvgIpc) is 3.39. The van der Waals surface area contributed by atoms with E-state index in [-0.39, 0.29) is 11.7 Å². The topological polar surface area (TPSA) is 73.0 Å². The van der Waals surface area contributed by atoms with Gasteiger partial charge in [-0.3, -0.25) is 9.36 Å². The van der Waals surface area contributed by atoms with E-state index in [2.05, 4.69) is 21.6 Å². The highest BCUT2D eigenvalue weighted by Gasteiger charge is 2.17. The van der Waals surface area contributed by atoms with Crippen molar-refractivity contribution in [2.45, 2.75) is 18.6 Å². The molecule has 0 bridgehead atoms. The number of furan rings is 1. The molecule has 4 aromatic rings. The van der Waals surface area contributed by atoms with Gasteiger partial charge in [0.25, 0.3) is 0 Å². The second-order valence-corrected chi connectivity index (χ2v) is 8.06. The number of halogens is 1. The van der Waals surface area contributed by atoms with Gasteiger partial charge >= 0.3 is 0 Å². The number of hydrogen-bond donors (Lipinski definition) is 1. The molecular formula is C22H19ClN4O2S. The fourth-order valence-corrected chi connectivity index (χ4v) is 3.82. The number of hydrogen-bond acceptors (Lipinski definition) is 5. The number of carbonyl (C=O) groups excluding carboxylic acids is 1. The maximum Gasteiger partial charge on any atom is 0.234 e. The Labute approximate surface area is 183 Å². The van der Waals surface area contributed by atoms with Crippen LogP contribution in [-0.4, -0.2) is 26.4 Å². The number of thioether (sulfide) groups is 1. The van der Waals surface area contributed by atoms with Crippen molar-refractivity contribution in [2.24, 2.45) is 0 Å². The molecule has 2 heterocycles. The highest BCUT2D eigenvalue weighted by atomic mass is 35.5. The number of amides is 1. The van der Waals surface area contributed by atoms with Crippen molar-refractivity contribution >= 4 is 35.0 Å². The summed E-state index contributed by atoms with van der Waals surface area (Å²) in [4.78, 5) is 12.4. The summed E-state index contributed by atoms with van der Waals surface area (Å²) in [5.41, 5.74) is 2.80. The molecule has 152 valence electrons. The molecule has 0 radical (unpaired) electrons. The predicted octanol–water partition coefficient (Wildman–Crippen LogP) is 5.28. The van der Waals surface area contributed by atoms with Crippen LogP contribution in [0.3, 0.4) is 0 Å². The predicted molar refractivity (Wildman–Crippen MR) is 119 cm³/mol. The summed E-state index contributed by atoms with van der Waals surface area (Å²) in [6.45, 7) is 2.51. The van der Waals surface area contributed by atoms with Gasteiger partial charge in [-0.1, -0.05) is 47.1 Å². The van der Waals surface area contributed by atoms with Gasteiger partial charge in [-0.15, -0.1) is 10.2 Å². The summed E-state index contributed by atoms with van der Waals surface area (Å²) < 4.78 is 7.48. The van der Waals surface area contributed by atoms with Crippen LogP contribution in [0.4, 0.5) is 5.69 Å². The van der Waals surface area contributed by atoms with E-state index < -0.39 is 0 Å². The van der Waals surface area contributed by atoms with Gasteiger partial charge in [0, 0.05) is 16.3 Å². The van der Waals surface area contributed by atoms with E-state index in [0.717, 1.165) is 22.7 Å². The van der Waals surface area contributed by atoms with Gasteiger partial charge in [0.2, 0.25) is 5.91 Å². The van der Waals surface area contributed by atoms with E-state index in [1.54, 1.807) is 30.5 Å². The molecule has 0 aliphatic heterocycles. The van der Waals surface area contributed by atoms with E-state index in [9.17, 15) is 4.79 Å². The van der Waals surface area contributed by atoms with Crippen molar-refractivity contribution in [2.75, 3.05) is 11.1 Å². The maximum atomic E-state index is 12.4. The molecule has 1 N–H and O–H groups in total. The quantitative estimate of drug-likeness (QED) is 0.397. The fraction of sp³-hybridized carbons (Fsp3) is 0.136. The lowest BCUT2D eigenvalue weighted by molar-refractivity contribution is -0.113. The Hall–Kier alpha value is -3.03. The second-order valence-electron chi connectivity index (χ2n) is 6.68. The number of benzene rings is 2. The molecule has 0 spiro atoms. The molecule has 0 saturated carbocycles. The molecule has 30 heavy (non-hydrogen) atoms. The van der Waals surface area contributed by atoms with Crippen LogP contribution in [-0.2, 0) is 11.3 Å². The van der Waals surface area contributed by atoms with Crippen molar-refractivity contribution < 1.29 is 9.21 Å². The Morgan fingerprint density at radius 1 is 1.13 bits per heavy atom. The van der Waals surface area contributed by atoms with Crippen LogP contribution in [0.15, 0.2) is 76.5 Å². The number of carbonyl (C=O) groups is 1. The van der Waals surface area contributed by atoms with Crippen LogP contribution in [0.5, 0.6) is 0 Å². The first kappa shape index (κ1) is 20.3. The first-order chi connectivity index (χ1) is 14.6. The molecule has 4 rings (SSSR count). The van der Waals surface area contributed by atoms with Crippen LogP contribution in [0.2, 0.25) is 5.02 Å². The van der Waals surface area contributed by atoms with E-state index in [1.807, 2.05) is 41.8 Å². The Morgan fingerprint density at radius 2 is 1.97 bits per heavy atom. The summed E-state index contributed by atoms with van der Waals surface area (Å²) in [5.74, 6) is 1.59. The minimum atomic E-state index is -0.132. The lowest BCUT2D eigenvalue weighted by atomic mass is 10.1. The molecule has 0 aliphatic rings. The Balaban J connectivity index is 1.53. The molecule has 0 fully saturated rings. The molecular weight excluding hydrogens is 420 g/mol. The summed E-state index contributed by atoms with van der Waals surface area (Å²) in [6, 6.07) is 18.8. The Bertz CT molecular complexity index is 1140. The largest absolute Gasteiger partial charge is 0.467 e. The summed E-state index contributed by atoms with van der Waals surface area (Å²) in [5, 5.41) is 12.8. The number of aromatic nitrogens is 3. The standard InChI is InChI=1S/C22H19ClN4O2S/c1-15-4-2-5-16(12-15)21-25-26-22(27(21)13-19-6-3-11-29-19)30-14-20(28)24-18-9-7-17(23)8-10-18/h2-12H,13-14H2,1H3,(H,24,28). The van der Waals surface area contributed by atoms with Gasteiger partial charge in [-0.05, 0) is 49.4 Å².